The van der Waals surface area contributed by atoms with Crippen molar-refractivity contribution in [2.75, 3.05) is 40.4 Å². The molecule has 2 atom stereocenters. The first kappa shape index (κ1) is 25.6. The number of aliphatic hydroxyl groups is 1. The molecule has 1 fully saturated rings. The molecule has 0 spiro atoms. The zero-order valence-electron chi connectivity index (χ0n) is 21.5. The van der Waals surface area contributed by atoms with Crippen molar-refractivity contribution in [3.8, 4) is 17.2 Å². The predicted molar refractivity (Wildman–Crippen MR) is 137 cm³/mol. The molecule has 1 saturated heterocycles. The summed E-state index contributed by atoms with van der Waals surface area (Å²) in [6.07, 6.45) is 0.767. The Morgan fingerprint density at radius 2 is 1.81 bits per heavy atom. The lowest BCUT2D eigenvalue weighted by molar-refractivity contribution is -0.140. The van der Waals surface area contributed by atoms with Gasteiger partial charge >= 0.3 is 0 Å². The third kappa shape index (κ3) is 4.91. The summed E-state index contributed by atoms with van der Waals surface area (Å²) in [7, 11) is 3.81. The molecule has 8 nitrogen and oxygen atoms in total. The van der Waals surface area contributed by atoms with Crippen LogP contribution in [0.2, 0.25) is 0 Å². The maximum absolute atomic E-state index is 13.3. The van der Waals surface area contributed by atoms with Crippen LogP contribution in [0.25, 0.3) is 5.76 Å². The van der Waals surface area contributed by atoms with Gasteiger partial charge in [-0.05, 0) is 76.3 Å². The van der Waals surface area contributed by atoms with E-state index in [4.69, 9.17) is 14.2 Å². The number of carbonyl (C=O) groups excluding carboxylic acids is 2. The lowest BCUT2D eigenvalue weighted by Crippen LogP contribution is -2.35. The van der Waals surface area contributed by atoms with Gasteiger partial charge in [0.25, 0.3) is 11.7 Å². The van der Waals surface area contributed by atoms with E-state index in [-0.39, 0.29) is 17.4 Å². The maximum atomic E-state index is 13.3. The molecule has 2 aromatic carbocycles. The lowest BCUT2D eigenvalue weighted by atomic mass is 9.94. The summed E-state index contributed by atoms with van der Waals surface area (Å²) in [6, 6.07) is 9.99. The summed E-state index contributed by atoms with van der Waals surface area (Å²) in [5, 5.41) is 11.4. The van der Waals surface area contributed by atoms with Crippen molar-refractivity contribution in [2.45, 2.75) is 39.3 Å². The van der Waals surface area contributed by atoms with Gasteiger partial charge in [-0.15, -0.1) is 0 Å². The number of amides is 1. The summed E-state index contributed by atoms with van der Waals surface area (Å²) in [4.78, 5) is 30.0. The first-order valence-electron chi connectivity index (χ1n) is 12.4. The van der Waals surface area contributed by atoms with E-state index in [0.29, 0.717) is 55.4 Å². The number of hydrogen-bond acceptors (Lipinski definition) is 7. The van der Waals surface area contributed by atoms with Gasteiger partial charge in [0.2, 0.25) is 0 Å². The van der Waals surface area contributed by atoms with Crippen LogP contribution in [0, 0.1) is 0 Å². The Morgan fingerprint density at radius 1 is 1.08 bits per heavy atom. The average molecular weight is 495 g/mol. The van der Waals surface area contributed by atoms with Gasteiger partial charge in [0.1, 0.15) is 17.6 Å². The zero-order valence-corrected chi connectivity index (χ0v) is 21.5. The third-order valence-corrected chi connectivity index (χ3v) is 6.38. The van der Waals surface area contributed by atoms with E-state index in [2.05, 4.69) is 0 Å². The molecule has 2 aliphatic heterocycles. The topological polar surface area (TPSA) is 88.5 Å². The molecular formula is C28H34N2O6. The Balaban J connectivity index is 1.84. The van der Waals surface area contributed by atoms with Crippen LogP contribution in [0.1, 0.15) is 43.5 Å². The molecule has 2 aliphatic rings. The zero-order chi connectivity index (χ0) is 26.0. The van der Waals surface area contributed by atoms with Crippen LogP contribution < -0.4 is 14.2 Å². The number of ketones is 1. The van der Waals surface area contributed by atoms with Gasteiger partial charge in [-0.1, -0.05) is 6.07 Å². The van der Waals surface area contributed by atoms with E-state index < -0.39 is 17.7 Å². The van der Waals surface area contributed by atoms with Gasteiger partial charge in [-0.3, -0.25) is 9.59 Å². The minimum absolute atomic E-state index is 0.0508. The van der Waals surface area contributed by atoms with Crippen LogP contribution in [0.15, 0.2) is 42.0 Å². The van der Waals surface area contributed by atoms with Gasteiger partial charge in [0, 0.05) is 25.1 Å². The first-order valence-corrected chi connectivity index (χ1v) is 12.4. The van der Waals surface area contributed by atoms with E-state index in [1.165, 1.54) is 4.90 Å². The molecule has 2 heterocycles. The number of likely N-dealkylation sites (tertiary alicyclic amines) is 1. The van der Waals surface area contributed by atoms with Crippen molar-refractivity contribution in [2.24, 2.45) is 0 Å². The number of likely N-dealkylation sites (N-methyl/N-ethyl adjacent to an activating group) is 1. The molecule has 8 heteroatoms. The molecule has 4 rings (SSSR count). The normalized spacial score (nSPS) is 20.6. The minimum Gasteiger partial charge on any atom is -0.507 e. The summed E-state index contributed by atoms with van der Waals surface area (Å²) in [5.41, 5.74) is 2.18. The van der Waals surface area contributed by atoms with Crippen LogP contribution in [-0.4, -0.2) is 73.1 Å². The van der Waals surface area contributed by atoms with E-state index >= 15 is 0 Å². The predicted octanol–water partition coefficient (Wildman–Crippen LogP) is 3.79. The number of nitrogens with zero attached hydrogens (tertiary/aromatic N) is 2. The van der Waals surface area contributed by atoms with Crippen molar-refractivity contribution in [1.29, 1.82) is 0 Å². The molecule has 0 radical (unpaired) electrons. The second kappa shape index (κ2) is 10.6. The first-order chi connectivity index (χ1) is 17.2. The fourth-order valence-corrected chi connectivity index (χ4v) is 4.73. The molecular weight excluding hydrogens is 460 g/mol. The molecule has 1 N–H and O–H groups in total. The number of rotatable bonds is 9. The monoisotopic (exact) mass is 494 g/mol. The largest absolute Gasteiger partial charge is 0.507 e. The van der Waals surface area contributed by atoms with Crippen molar-refractivity contribution >= 4 is 17.4 Å². The summed E-state index contributed by atoms with van der Waals surface area (Å²) < 4.78 is 17.3. The highest BCUT2D eigenvalue weighted by Crippen LogP contribution is 2.42. The SMILES string of the molecule is CCOc1ccc([C@@H]2/C(=C(\O)c3ccc4c(c3)C[C@H](C)O4)C(=O)C(=O)N2CCN(C)C)cc1OCC. The van der Waals surface area contributed by atoms with Crippen LogP contribution in [0.5, 0.6) is 17.2 Å². The molecule has 1 amide bonds. The van der Waals surface area contributed by atoms with E-state index in [9.17, 15) is 14.7 Å². The molecule has 0 saturated carbocycles. The number of carbonyl (C=O) groups is 2. The molecule has 0 bridgehead atoms. The minimum atomic E-state index is -0.761. The standard InChI is InChI=1S/C28H34N2O6/c1-6-34-22-11-8-18(16-23(22)35-7-2)25-24(27(32)28(33)30(25)13-12-29(4)5)26(31)19-9-10-21-20(15-19)14-17(3)36-21/h8-11,15-17,25,31H,6-7,12-14H2,1-5H3/b26-24+/t17-,25+/m0/s1. The molecule has 36 heavy (non-hydrogen) atoms. The Hall–Kier alpha value is -3.52. The van der Waals surface area contributed by atoms with Crippen molar-refractivity contribution in [3.63, 3.8) is 0 Å². The van der Waals surface area contributed by atoms with E-state index in [1.807, 2.05) is 51.9 Å². The second-order valence-electron chi connectivity index (χ2n) is 9.32. The van der Waals surface area contributed by atoms with Gasteiger partial charge in [0.05, 0.1) is 24.8 Å². The summed E-state index contributed by atoms with van der Waals surface area (Å²) >= 11 is 0. The van der Waals surface area contributed by atoms with Crippen LogP contribution in [0.3, 0.4) is 0 Å². The summed E-state index contributed by atoms with van der Waals surface area (Å²) in [6.45, 7) is 7.55. The number of ether oxygens (including phenoxy) is 3. The number of fused-ring (bicyclic) bond motifs is 1. The van der Waals surface area contributed by atoms with Crippen LogP contribution in [0.4, 0.5) is 0 Å². The van der Waals surface area contributed by atoms with Gasteiger partial charge in [-0.25, -0.2) is 0 Å². The van der Waals surface area contributed by atoms with E-state index in [0.717, 1.165) is 11.3 Å². The second-order valence-corrected chi connectivity index (χ2v) is 9.32. The Bertz CT molecular complexity index is 1190. The van der Waals surface area contributed by atoms with Crippen LogP contribution >= 0.6 is 0 Å². The molecule has 0 aromatic heterocycles. The molecule has 0 aliphatic carbocycles. The average Bonchev–Trinajstić information content (AvgIpc) is 3.34. The highest BCUT2D eigenvalue weighted by atomic mass is 16.5. The Morgan fingerprint density at radius 3 is 2.50 bits per heavy atom. The lowest BCUT2D eigenvalue weighted by Gasteiger charge is -2.27. The Kier molecular flexibility index (Phi) is 7.54. The quantitative estimate of drug-likeness (QED) is 0.322. The van der Waals surface area contributed by atoms with Gasteiger partial charge in [-0.2, -0.15) is 0 Å². The highest BCUT2D eigenvalue weighted by Gasteiger charge is 2.46. The highest BCUT2D eigenvalue weighted by molar-refractivity contribution is 6.46. The fraction of sp³-hybridized carbons (Fsp3) is 0.429. The van der Waals surface area contributed by atoms with Crippen molar-refractivity contribution in [3.05, 3.63) is 58.7 Å². The third-order valence-electron chi connectivity index (χ3n) is 6.38. The van der Waals surface area contributed by atoms with E-state index in [1.54, 1.807) is 24.3 Å². The van der Waals surface area contributed by atoms with Crippen LogP contribution in [-0.2, 0) is 16.0 Å². The number of benzene rings is 2. The number of Topliss-reactive ketones (excluding diaryl/α,β-unsaturated/α-hetero) is 1. The van der Waals surface area contributed by atoms with Gasteiger partial charge < -0.3 is 29.1 Å². The fourth-order valence-electron chi connectivity index (χ4n) is 4.73. The van der Waals surface area contributed by atoms with Crippen molar-refractivity contribution < 1.29 is 28.9 Å². The molecule has 192 valence electrons. The number of hydrogen-bond donors (Lipinski definition) is 1. The Labute approximate surface area is 212 Å². The summed E-state index contributed by atoms with van der Waals surface area (Å²) in [5.74, 6) is 0.358. The molecule has 2 aromatic rings. The smallest absolute Gasteiger partial charge is 0.295 e. The van der Waals surface area contributed by atoms with Crippen molar-refractivity contribution in [1.82, 2.24) is 9.80 Å². The molecule has 0 unspecified atom stereocenters. The van der Waals surface area contributed by atoms with Gasteiger partial charge in [0.15, 0.2) is 11.5 Å². The maximum Gasteiger partial charge on any atom is 0.295 e. The number of aliphatic hydroxyl groups excluding tert-OH is 1.